The van der Waals surface area contributed by atoms with Crippen LogP contribution in [0.3, 0.4) is 0 Å². The van der Waals surface area contributed by atoms with Gasteiger partial charge in [0.15, 0.2) is 17.6 Å². The predicted molar refractivity (Wildman–Crippen MR) is 108 cm³/mol. The number of aliphatic carboxylic acids is 1. The van der Waals surface area contributed by atoms with Gasteiger partial charge in [-0.25, -0.2) is 4.79 Å². The van der Waals surface area contributed by atoms with Crippen molar-refractivity contribution in [2.45, 2.75) is 48.6 Å². The number of nitrogens with zero attached hydrogens (tertiary/aromatic N) is 1. The average Bonchev–Trinajstić information content (AvgIpc) is 2.98. The Labute approximate surface area is 178 Å². The van der Waals surface area contributed by atoms with Crippen molar-refractivity contribution in [2.75, 3.05) is 20.8 Å². The normalized spacial score (nSPS) is 28.8. The maximum atomic E-state index is 13.0. The lowest BCUT2D eigenvalue weighted by Crippen LogP contribution is -2.71. The number of carbonyl (C=O) groups excluding carboxylic acids is 2. The molecule has 2 N–H and O–H groups in total. The predicted octanol–water partition coefficient (Wildman–Crippen LogP) is 0.949. The zero-order chi connectivity index (χ0) is 21.8. The molecule has 3 aliphatic heterocycles. The fraction of sp³-hybridized carbons (Fsp3) is 0.550. The molecular weight excluding hydrogens is 412 g/mol. The minimum absolute atomic E-state index is 0.359. The molecule has 2 fully saturated rings. The summed E-state index contributed by atoms with van der Waals surface area (Å²) in [7, 11) is 3.06. The van der Waals surface area contributed by atoms with E-state index in [0.717, 1.165) is 5.56 Å². The van der Waals surface area contributed by atoms with E-state index >= 15 is 0 Å². The van der Waals surface area contributed by atoms with E-state index in [4.69, 9.17) is 14.2 Å². The molecular formula is C20H24N2O7S. The number of amides is 2. The highest BCUT2D eigenvalue weighted by Gasteiger charge is 2.64. The van der Waals surface area contributed by atoms with Gasteiger partial charge in [0.05, 0.1) is 20.8 Å². The molecule has 1 aromatic rings. The summed E-state index contributed by atoms with van der Waals surface area (Å²) < 4.78 is 15.7. The molecule has 0 saturated carbocycles. The van der Waals surface area contributed by atoms with Crippen LogP contribution in [-0.4, -0.2) is 70.8 Å². The van der Waals surface area contributed by atoms with E-state index in [1.54, 1.807) is 27.0 Å². The van der Waals surface area contributed by atoms with Gasteiger partial charge in [-0.2, -0.15) is 0 Å². The number of benzene rings is 1. The van der Waals surface area contributed by atoms with Crippen molar-refractivity contribution < 1.29 is 33.7 Å². The van der Waals surface area contributed by atoms with Crippen molar-refractivity contribution in [1.82, 2.24) is 10.2 Å². The van der Waals surface area contributed by atoms with Gasteiger partial charge >= 0.3 is 5.97 Å². The number of ether oxygens (including phenoxy) is 3. The van der Waals surface area contributed by atoms with Gasteiger partial charge < -0.3 is 29.5 Å². The quantitative estimate of drug-likeness (QED) is 0.656. The lowest BCUT2D eigenvalue weighted by Gasteiger charge is -2.44. The number of carbonyl (C=O) groups is 3. The molecule has 9 nitrogen and oxygen atoms in total. The molecule has 10 heteroatoms. The number of hydrogen-bond acceptors (Lipinski definition) is 7. The number of hydrogen-bond donors (Lipinski definition) is 2. The van der Waals surface area contributed by atoms with Gasteiger partial charge in [0.25, 0.3) is 5.91 Å². The fourth-order valence-electron chi connectivity index (χ4n) is 4.37. The summed E-state index contributed by atoms with van der Waals surface area (Å²) in [5.74, 6) is -0.798. The van der Waals surface area contributed by atoms with Crippen molar-refractivity contribution in [1.29, 1.82) is 0 Å². The van der Waals surface area contributed by atoms with Gasteiger partial charge in [-0.1, -0.05) is 0 Å². The summed E-state index contributed by atoms with van der Waals surface area (Å²) >= 11 is 1.38. The molecule has 0 radical (unpaired) electrons. The van der Waals surface area contributed by atoms with Crippen molar-refractivity contribution >= 4 is 29.5 Å². The van der Waals surface area contributed by atoms with Crippen LogP contribution in [0.1, 0.15) is 31.1 Å². The van der Waals surface area contributed by atoms with Crippen molar-refractivity contribution in [3.8, 4) is 11.5 Å². The average molecular weight is 436 g/mol. The zero-order valence-electron chi connectivity index (χ0n) is 17.1. The summed E-state index contributed by atoms with van der Waals surface area (Å²) in [6.45, 7) is 3.94. The first-order valence-electron chi connectivity index (χ1n) is 9.59. The Morgan fingerprint density at radius 1 is 1.27 bits per heavy atom. The Balaban J connectivity index is 1.54. The highest BCUT2D eigenvalue weighted by Crippen LogP contribution is 2.51. The van der Waals surface area contributed by atoms with Crippen molar-refractivity contribution in [2.24, 2.45) is 0 Å². The minimum atomic E-state index is -1.04. The van der Waals surface area contributed by atoms with Crippen molar-refractivity contribution in [3.05, 3.63) is 23.3 Å². The molecule has 30 heavy (non-hydrogen) atoms. The summed E-state index contributed by atoms with van der Waals surface area (Å²) in [5, 5.41) is 11.9. The molecule has 4 atom stereocenters. The lowest BCUT2D eigenvalue weighted by atomic mass is 9.94. The second kappa shape index (κ2) is 7.35. The number of β-lactam (4-membered cyclic amide) rings is 1. The molecule has 3 heterocycles. The summed E-state index contributed by atoms with van der Waals surface area (Å²) in [5.41, 5.74) is 1.59. The van der Waals surface area contributed by atoms with Crippen LogP contribution in [0.15, 0.2) is 12.1 Å². The Kier molecular flexibility index (Phi) is 5.09. The number of carboxylic acids is 1. The molecule has 1 unspecified atom stereocenters. The second-order valence-electron chi connectivity index (χ2n) is 7.99. The standard InChI is InChI=1S/C20H24N2O7S/c1-20(2)15(19(25)26)22-17(24)13(18(22)30-20)21-16(23)14-10-8-12(28-4)11(27-3)7-9(10)5-6-29-14/h7-8,13-15,18H,5-6H2,1-4H3,(H,21,23)(H,25,26)/t13-,14?,15+,18-/m1/s1. The molecule has 2 saturated heterocycles. The molecule has 0 bridgehead atoms. The summed E-state index contributed by atoms with van der Waals surface area (Å²) in [4.78, 5) is 38.7. The highest BCUT2D eigenvalue weighted by atomic mass is 32.2. The lowest BCUT2D eigenvalue weighted by molar-refractivity contribution is -0.162. The number of fused-ring (bicyclic) bond motifs is 2. The van der Waals surface area contributed by atoms with E-state index in [-0.39, 0.29) is 5.91 Å². The molecule has 2 amide bonds. The first kappa shape index (κ1) is 20.8. The third kappa shape index (κ3) is 3.09. The van der Waals surface area contributed by atoms with Gasteiger partial charge in [0, 0.05) is 4.75 Å². The topological polar surface area (TPSA) is 114 Å². The van der Waals surface area contributed by atoms with Crippen LogP contribution in [0.5, 0.6) is 11.5 Å². The van der Waals surface area contributed by atoms with E-state index in [1.807, 2.05) is 6.07 Å². The second-order valence-corrected chi connectivity index (χ2v) is 9.76. The van der Waals surface area contributed by atoms with Gasteiger partial charge in [0.1, 0.15) is 17.5 Å². The monoisotopic (exact) mass is 436 g/mol. The first-order valence-corrected chi connectivity index (χ1v) is 10.5. The third-order valence-corrected chi connectivity index (χ3v) is 7.37. The Morgan fingerprint density at radius 3 is 2.57 bits per heavy atom. The Bertz CT molecular complexity index is 919. The maximum absolute atomic E-state index is 13.0. The van der Waals surface area contributed by atoms with Crippen LogP contribution in [0.2, 0.25) is 0 Å². The Hall–Kier alpha value is -2.46. The fourth-order valence-corrected chi connectivity index (χ4v) is 5.99. The van der Waals surface area contributed by atoms with E-state index in [9.17, 15) is 19.5 Å². The van der Waals surface area contributed by atoms with Gasteiger partial charge in [-0.3, -0.25) is 9.59 Å². The SMILES string of the molecule is COc1cc2c(cc1OC)C(C(=O)N[C@@H]1C(=O)N3[C@@H]1SC(C)(C)[C@@H]3C(=O)O)OCC2. The minimum Gasteiger partial charge on any atom is -0.493 e. The number of carboxylic acid groups (broad SMARTS) is 1. The smallest absolute Gasteiger partial charge is 0.327 e. The molecule has 0 aliphatic carbocycles. The summed E-state index contributed by atoms with van der Waals surface area (Å²) in [6, 6.07) is 1.86. The van der Waals surface area contributed by atoms with Gasteiger partial charge in [-0.15, -0.1) is 11.8 Å². The van der Waals surface area contributed by atoms with Crippen LogP contribution < -0.4 is 14.8 Å². The number of methoxy groups -OCH3 is 2. The van der Waals surface area contributed by atoms with Crippen LogP contribution >= 0.6 is 11.8 Å². The van der Waals surface area contributed by atoms with E-state index in [0.29, 0.717) is 30.1 Å². The molecule has 0 spiro atoms. The van der Waals surface area contributed by atoms with Gasteiger partial charge in [-0.05, 0) is 43.5 Å². The third-order valence-electron chi connectivity index (χ3n) is 5.79. The Morgan fingerprint density at radius 2 is 1.93 bits per heavy atom. The number of nitrogens with one attached hydrogen (secondary N) is 1. The van der Waals surface area contributed by atoms with E-state index in [1.165, 1.54) is 23.8 Å². The zero-order valence-corrected chi connectivity index (χ0v) is 17.9. The number of rotatable bonds is 5. The number of thioether (sulfide) groups is 1. The molecule has 3 aliphatic rings. The largest absolute Gasteiger partial charge is 0.493 e. The highest BCUT2D eigenvalue weighted by molar-refractivity contribution is 8.01. The van der Waals surface area contributed by atoms with E-state index < -0.39 is 40.2 Å². The first-order chi connectivity index (χ1) is 14.2. The van der Waals surface area contributed by atoms with Crippen LogP contribution in [0, 0.1) is 0 Å². The van der Waals surface area contributed by atoms with Crippen LogP contribution in [0.25, 0.3) is 0 Å². The molecule has 162 valence electrons. The summed E-state index contributed by atoms with van der Waals surface area (Å²) in [6.07, 6.45) is -0.257. The molecule has 4 rings (SSSR count). The van der Waals surface area contributed by atoms with Crippen LogP contribution in [0.4, 0.5) is 0 Å². The van der Waals surface area contributed by atoms with Crippen molar-refractivity contribution in [3.63, 3.8) is 0 Å². The maximum Gasteiger partial charge on any atom is 0.327 e. The van der Waals surface area contributed by atoms with E-state index in [2.05, 4.69) is 5.32 Å². The molecule has 1 aromatic carbocycles. The van der Waals surface area contributed by atoms with Gasteiger partial charge in [0.2, 0.25) is 5.91 Å². The van der Waals surface area contributed by atoms with Crippen LogP contribution in [-0.2, 0) is 25.5 Å². The molecule has 0 aromatic heterocycles.